The van der Waals surface area contributed by atoms with Crippen molar-refractivity contribution in [3.63, 3.8) is 0 Å². The van der Waals surface area contributed by atoms with E-state index in [-0.39, 0.29) is 25.2 Å². The van der Waals surface area contributed by atoms with Gasteiger partial charge in [-0.25, -0.2) is 0 Å². The Bertz CT molecular complexity index is 130. The number of ether oxygens (including phenoxy) is 1. The van der Waals surface area contributed by atoms with Gasteiger partial charge >= 0.3 is 0 Å². The molecule has 0 heterocycles. The highest BCUT2D eigenvalue weighted by molar-refractivity contribution is 4.83. The molecule has 3 nitrogen and oxygen atoms in total. The maximum Gasteiger partial charge on any atom is 0.0550 e. The maximum atomic E-state index is 9.28. The topological polar surface area (TPSA) is 49.7 Å². The molecule has 0 saturated heterocycles. The molecule has 0 spiro atoms. The highest BCUT2D eigenvalue weighted by Crippen LogP contribution is 2.32. The van der Waals surface area contributed by atoms with E-state index in [0.29, 0.717) is 6.42 Å². The third-order valence-corrected chi connectivity index (χ3v) is 2.95. The Balaban J connectivity index is 4.38. The van der Waals surface area contributed by atoms with E-state index in [1.54, 1.807) is 7.11 Å². The lowest BCUT2D eigenvalue weighted by atomic mass is 9.74. The van der Waals surface area contributed by atoms with Crippen LogP contribution in [0, 0.1) is 11.3 Å². The van der Waals surface area contributed by atoms with Crippen molar-refractivity contribution in [3.8, 4) is 0 Å². The van der Waals surface area contributed by atoms with Gasteiger partial charge in [-0.1, -0.05) is 13.8 Å². The van der Waals surface area contributed by atoms with Crippen LogP contribution in [0.1, 0.15) is 27.2 Å². The number of hydrogen-bond donors (Lipinski definition) is 2. The van der Waals surface area contributed by atoms with Crippen LogP contribution < -0.4 is 0 Å². The third kappa shape index (κ3) is 3.25. The fraction of sp³-hybridized carbons (Fsp3) is 1.00. The molecule has 0 aliphatic carbocycles. The van der Waals surface area contributed by atoms with Crippen molar-refractivity contribution < 1.29 is 14.9 Å². The van der Waals surface area contributed by atoms with Crippen LogP contribution in [0.2, 0.25) is 0 Å². The van der Waals surface area contributed by atoms with Crippen molar-refractivity contribution in [1.82, 2.24) is 0 Å². The quantitative estimate of drug-likeness (QED) is 0.658. The fourth-order valence-corrected chi connectivity index (χ4v) is 1.44. The molecule has 3 heteroatoms. The molecule has 0 radical (unpaired) electrons. The molecule has 0 aromatic carbocycles. The molecule has 2 N–H and O–H groups in total. The van der Waals surface area contributed by atoms with Gasteiger partial charge in [0.25, 0.3) is 0 Å². The van der Waals surface area contributed by atoms with Gasteiger partial charge in [-0.2, -0.15) is 0 Å². The first-order chi connectivity index (χ1) is 6.02. The summed E-state index contributed by atoms with van der Waals surface area (Å²) in [5, 5.41) is 18.6. The number of rotatable bonds is 6. The van der Waals surface area contributed by atoms with Gasteiger partial charge in [-0.3, -0.25) is 0 Å². The Morgan fingerprint density at radius 1 is 1.15 bits per heavy atom. The Hall–Kier alpha value is -0.120. The molecular formula is C10H22O3. The van der Waals surface area contributed by atoms with Crippen LogP contribution in [0.4, 0.5) is 0 Å². The van der Waals surface area contributed by atoms with E-state index < -0.39 is 5.41 Å². The molecule has 0 aromatic rings. The first-order valence-electron chi connectivity index (χ1n) is 4.77. The molecule has 0 fully saturated rings. The van der Waals surface area contributed by atoms with E-state index >= 15 is 0 Å². The Kier molecular flexibility index (Phi) is 5.53. The summed E-state index contributed by atoms with van der Waals surface area (Å²) < 4.78 is 5.14. The summed E-state index contributed by atoms with van der Waals surface area (Å²) in [6, 6.07) is 0. The minimum atomic E-state index is -0.407. The first kappa shape index (κ1) is 12.9. The van der Waals surface area contributed by atoms with Gasteiger partial charge in [0.2, 0.25) is 0 Å². The van der Waals surface area contributed by atoms with Gasteiger partial charge in [0, 0.05) is 12.5 Å². The molecule has 13 heavy (non-hydrogen) atoms. The van der Waals surface area contributed by atoms with Crippen molar-refractivity contribution in [2.24, 2.45) is 11.3 Å². The Morgan fingerprint density at radius 2 is 1.62 bits per heavy atom. The van der Waals surface area contributed by atoms with E-state index in [0.717, 1.165) is 0 Å². The summed E-state index contributed by atoms with van der Waals surface area (Å²) in [6.07, 6.45) is 0.760. The lowest BCUT2D eigenvalue weighted by Crippen LogP contribution is -2.38. The van der Waals surface area contributed by atoms with Crippen molar-refractivity contribution in [3.05, 3.63) is 0 Å². The van der Waals surface area contributed by atoms with Crippen molar-refractivity contribution in [2.45, 2.75) is 33.3 Å². The van der Waals surface area contributed by atoms with E-state index in [2.05, 4.69) is 0 Å². The summed E-state index contributed by atoms with van der Waals surface area (Å²) in [5.41, 5.74) is -0.407. The summed E-state index contributed by atoms with van der Waals surface area (Å²) in [4.78, 5) is 0. The molecular weight excluding hydrogens is 168 g/mol. The van der Waals surface area contributed by atoms with E-state index in [9.17, 15) is 10.2 Å². The van der Waals surface area contributed by atoms with E-state index in [1.807, 2.05) is 20.8 Å². The van der Waals surface area contributed by atoms with Crippen LogP contribution in [-0.2, 0) is 4.74 Å². The molecule has 0 bridgehead atoms. The van der Waals surface area contributed by atoms with Crippen molar-refractivity contribution in [2.75, 3.05) is 20.3 Å². The van der Waals surface area contributed by atoms with Gasteiger partial charge in [0.05, 0.1) is 19.3 Å². The summed E-state index contributed by atoms with van der Waals surface area (Å²) in [7, 11) is 1.64. The second kappa shape index (κ2) is 5.58. The Morgan fingerprint density at radius 3 is 1.85 bits per heavy atom. The lowest BCUT2D eigenvalue weighted by Gasteiger charge is -2.35. The van der Waals surface area contributed by atoms with Crippen LogP contribution in [0.3, 0.4) is 0 Å². The predicted octanol–water partition coefficient (Wildman–Crippen LogP) is 1.04. The SMILES string of the molecule is COC(C)CC(CO)(CO)C(C)C. The van der Waals surface area contributed by atoms with Crippen LogP contribution >= 0.6 is 0 Å². The zero-order valence-corrected chi connectivity index (χ0v) is 9.08. The average molecular weight is 190 g/mol. The molecule has 1 atom stereocenters. The van der Waals surface area contributed by atoms with Crippen LogP contribution in [-0.4, -0.2) is 36.6 Å². The van der Waals surface area contributed by atoms with Gasteiger partial charge in [-0.15, -0.1) is 0 Å². The summed E-state index contributed by atoms with van der Waals surface area (Å²) in [5.74, 6) is 0.250. The zero-order chi connectivity index (χ0) is 10.5. The molecule has 0 aromatic heterocycles. The lowest BCUT2D eigenvalue weighted by molar-refractivity contribution is -0.0312. The van der Waals surface area contributed by atoms with Crippen LogP contribution in [0.25, 0.3) is 0 Å². The van der Waals surface area contributed by atoms with Crippen molar-refractivity contribution >= 4 is 0 Å². The Labute approximate surface area is 80.7 Å². The highest BCUT2D eigenvalue weighted by Gasteiger charge is 2.34. The average Bonchev–Trinajstić information content (AvgIpc) is 2.13. The summed E-state index contributed by atoms with van der Waals surface area (Å²) in [6.45, 7) is 5.98. The van der Waals surface area contributed by atoms with E-state index in [4.69, 9.17) is 4.74 Å². The standard InChI is InChI=1S/C10H22O3/c1-8(2)10(6-11,7-12)5-9(3)13-4/h8-9,11-12H,5-7H2,1-4H3. The molecule has 0 saturated carbocycles. The van der Waals surface area contributed by atoms with E-state index in [1.165, 1.54) is 0 Å². The second-order valence-electron chi connectivity index (χ2n) is 4.08. The second-order valence-corrected chi connectivity index (χ2v) is 4.08. The molecule has 0 rings (SSSR count). The van der Waals surface area contributed by atoms with Gasteiger partial charge < -0.3 is 14.9 Å². The van der Waals surface area contributed by atoms with Gasteiger partial charge in [-0.05, 0) is 19.3 Å². The maximum absolute atomic E-state index is 9.28. The minimum absolute atomic E-state index is 0.00880. The molecule has 1 unspecified atom stereocenters. The monoisotopic (exact) mass is 190 g/mol. The van der Waals surface area contributed by atoms with Crippen LogP contribution in [0.15, 0.2) is 0 Å². The van der Waals surface area contributed by atoms with Crippen molar-refractivity contribution in [1.29, 1.82) is 0 Å². The molecule has 0 aliphatic rings. The normalized spacial score (nSPS) is 15.0. The molecule has 0 amide bonds. The largest absolute Gasteiger partial charge is 0.396 e. The fourth-order valence-electron chi connectivity index (χ4n) is 1.44. The van der Waals surface area contributed by atoms with Gasteiger partial charge in [0.15, 0.2) is 0 Å². The van der Waals surface area contributed by atoms with Crippen LogP contribution in [0.5, 0.6) is 0 Å². The number of hydrogen-bond acceptors (Lipinski definition) is 3. The predicted molar refractivity (Wildman–Crippen MR) is 52.5 cm³/mol. The molecule has 0 aliphatic heterocycles. The van der Waals surface area contributed by atoms with Gasteiger partial charge in [0.1, 0.15) is 0 Å². The first-order valence-corrected chi connectivity index (χ1v) is 4.77. The molecule has 80 valence electrons. The highest BCUT2D eigenvalue weighted by atomic mass is 16.5. The number of aliphatic hydroxyl groups is 2. The smallest absolute Gasteiger partial charge is 0.0550 e. The number of methoxy groups -OCH3 is 1. The minimum Gasteiger partial charge on any atom is -0.396 e. The zero-order valence-electron chi connectivity index (χ0n) is 9.08. The third-order valence-electron chi connectivity index (χ3n) is 2.95. The summed E-state index contributed by atoms with van der Waals surface area (Å²) >= 11 is 0. The number of aliphatic hydroxyl groups excluding tert-OH is 2.